The highest BCUT2D eigenvalue weighted by atomic mass is 35.5. The van der Waals surface area contributed by atoms with Crippen LogP contribution in [0, 0.1) is 0 Å². The molecule has 0 saturated carbocycles. The van der Waals surface area contributed by atoms with Gasteiger partial charge in [0.2, 0.25) is 5.95 Å². The molecule has 0 aliphatic carbocycles. The minimum atomic E-state index is -0.343. The van der Waals surface area contributed by atoms with Crippen LogP contribution in [0.15, 0.2) is 18.3 Å². The molecule has 0 aromatic carbocycles. The van der Waals surface area contributed by atoms with E-state index in [9.17, 15) is 4.79 Å². The number of fused-ring (bicyclic) bond motifs is 1. The number of hydrogen-bond donors (Lipinski definition) is 1. The van der Waals surface area contributed by atoms with Crippen LogP contribution in [-0.4, -0.2) is 33.7 Å². The molecule has 1 N–H and O–H groups in total. The molecule has 90 valence electrons. The third-order valence-corrected chi connectivity index (χ3v) is 2.21. The normalized spacial score (nSPS) is 10.5. The number of carbonyl (C=O) groups is 1. The topological polar surface area (TPSA) is 68.5 Å². The number of esters is 1. The zero-order chi connectivity index (χ0) is 12.3. The average molecular weight is 255 g/mol. The largest absolute Gasteiger partial charge is 0.465 e. The average Bonchev–Trinajstić information content (AvgIpc) is 2.68. The highest BCUT2D eigenvalue weighted by Crippen LogP contribution is 2.11. The Balaban J connectivity index is 2.07. The van der Waals surface area contributed by atoms with E-state index in [1.165, 1.54) is 4.52 Å². The summed E-state index contributed by atoms with van der Waals surface area (Å²) in [5.41, 5.74) is 0.653. The standard InChI is InChI=1S/C10H11ClN4O2/c1-2-17-9(16)5-12-10-13-8-4-3-7(11)6-15(8)14-10/h3-4,6H,2,5H2,1H3,(H,12,14). The minimum Gasteiger partial charge on any atom is -0.465 e. The van der Waals surface area contributed by atoms with Crippen molar-refractivity contribution in [2.75, 3.05) is 18.5 Å². The van der Waals surface area contributed by atoms with Crippen molar-refractivity contribution < 1.29 is 9.53 Å². The molecule has 7 heteroatoms. The van der Waals surface area contributed by atoms with Crippen molar-refractivity contribution in [1.29, 1.82) is 0 Å². The second-order valence-electron chi connectivity index (χ2n) is 3.24. The molecule has 17 heavy (non-hydrogen) atoms. The molecule has 0 aliphatic rings. The summed E-state index contributed by atoms with van der Waals surface area (Å²) >= 11 is 5.81. The van der Waals surface area contributed by atoms with Gasteiger partial charge in [0.15, 0.2) is 5.65 Å². The van der Waals surface area contributed by atoms with Gasteiger partial charge in [0.1, 0.15) is 6.54 Å². The zero-order valence-electron chi connectivity index (χ0n) is 9.18. The Kier molecular flexibility index (Phi) is 3.43. The van der Waals surface area contributed by atoms with Crippen LogP contribution in [0.25, 0.3) is 5.65 Å². The summed E-state index contributed by atoms with van der Waals surface area (Å²) in [7, 11) is 0. The van der Waals surface area contributed by atoms with Crippen molar-refractivity contribution in [3.05, 3.63) is 23.4 Å². The lowest BCUT2D eigenvalue weighted by molar-refractivity contribution is -0.140. The molecule has 0 unspecified atom stereocenters. The maximum Gasteiger partial charge on any atom is 0.325 e. The van der Waals surface area contributed by atoms with Crippen LogP contribution in [0.1, 0.15) is 6.92 Å². The van der Waals surface area contributed by atoms with Gasteiger partial charge < -0.3 is 10.1 Å². The van der Waals surface area contributed by atoms with E-state index in [1.807, 2.05) is 0 Å². The smallest absolute Gasteiger partial charge is 0.325 e. The van der Waals surface area contributed by atoms with E-state index in [2.05, 4.69) is 15.4 Å². The predicted octanol–water partition coefficient (Wildman–Crippen LogP) is 1.36. The number of rotatable bonds is 4. The van der Waals surface area contributed by atoms with E-state index in [0.29, 0.717) is 23.2 Å². The van der Waals surface area contributed by atoms with Gasteiger partial charge in [-0.15, -0.1) is 5.10 Å². The third-order valence-electron chi connectivity index (χ3n) is 1.99. The molecule has 2 aromatic rings. The van der Waals surface area contributed by atoms with Crippen LogP contribution < -0.4 is 5.32 Å². The summed E-state index contributed by atoms with van der Waals surface area (Å²) in [6, 6.07) is 3.46. The molecule has 0 fully saturated rings. The molecule has 2 heterocycles. The second kappa shape index (κ2) is 5.01. The molecular weight excluding hydrogens is 244 g/mol. The van der Waals surface area contributed by atoms with Crippen molar-refractivity contribution in [3.8, 4) is 0 Å². The minimum absolute atomic E-state index is 0.0401. The van der Waals surface area contributed by atoms with Crippen molar-refractivity contribution in [2.24, 2.45) is 0 Å². The first-order chi connectivity index (χ1) is 8.19. The SMILES string of the molecule is CCOC(=O)CNc1nc2ccc(Cl)cn2n1. The van der Waals surface area contributed by atoms with Crippen molar-refractivity contribution >= 4 is 29.2 Å². The van der Waals surface area contributed by atoms with Gasteiger partial charge in [0, 0.05) is 6.20 Å². The molecule has 0 spiro atoms. The van der Waals surface area contributed by atoms with Crippen LogP contribution in [0.3, 0.4) is 0 Å². The van der Waals surface area contributed by atoms with E-state index >= 15 is 0 Å². The lowest BCUT2D eigenvalue weighted by Crippen LogP contribution is -2.17. The molecule has 0 atom stereocenters. The molecule has 0 amide bonds. The van der Waals surface area contributed by atoms with E-state index in [1.54, 1.807) is 25.3 Å². The fraction of sp³-hybridized carbons (Fsp3) is 0.300. The Morgan fingerprint density at radius 3 is 3.18 bits per heavy atom. The Hall–Kier alpha value is -1.82. The molecule has 0 radical (unpaired) electrons. The molecule has 0 saturated heterocycles. The van der Waals surface area contributed by atoms with E-state index < -0.39 is 0 Å². The van der Waals surface area contributed by atoms with Crippen LogP contribution in [0.2, 0.25) is 5.02 Å². The van der Waals surface area contributed by atoms with Crippen LogP contribution in [-0.2, 0) is 9.53 Å². The quantitative estimate of drug-likeness (QED) is 0.835. The maximum atomic E-state index is 11.1. The van der Waals surface area contributed by atoms with Gasteiger partial charge in [-0.1, -0.05) is 11.6 Å². The van der Waals surface area contributed by atoms with Gasteiger partial charge in [-0.3, -0.25) is 4.79 Å². The van der Waals surface area contributed by atoms with Gasteiger partial charge >= 0.3 is 5.97 Å². The molecule has 0 aliphatic heterocycles. The van der Waals surface area contributed by atoms with Gasteiger partial charge in [0.25, 0.3) is 0 Å². The zero-order valence-corrected chi connectivity index (χ0v) is 9.94. The third kappa shape index (κ3) is 2.85. The Bertz CT molecular complexity index is 540. The number of nitrogens with zero attached hydrogens (tertiary/aromatic N) is 3. The Labute approximate surface area is 103 Å². The van der Waals surface area contributed by atoms with Crippen LogP contribution in [0.4, 0.5) is 5.95 Å². The summed E-state index contributed by atoms with van der Waals surface area (Å²) in [5.74, 6) is 0.0182. The summed E-state index contributed by atoms with van der Waals surface area (Å²) in [5, 5.41) is 7.45. The summed E-state index contributed by atoms with van der Waals surface area (Å²) < 4.78 is 6.31. The lowest BCUT2D eigenvalue weighted by atomic mass is 10.5. The van der Waals surface area contributed by atoms with Crippen molar-refractivity contribution in [2.45, 2.75) is 6.92 Å². The lowest BCUT2D eigenvalue weighted by Gasteiger charge is -2.00. The van der Waals surface area contributed by atoms with E-state index in [0.717, 1.165) is 0 Å². The van der Waals surface area contributed by atoms with Gasteiger partial charge in [-0.05, 0) is 19.1 Å². The summed E-state index contributed by atoms with van der Waals surface area (Å²) in [6.07, 6.45) is 1.64. The first-order valence-electron chi connectivity index (χ1n) is 5.10. The Morgan fingerprint density at radius 1 is 1.59 bits per heavy atom. The monoisotopic (exact) mass is 254 g/mol. The predicted molar refractivity (Wildman–Crippen MR) is 63.1 cm³/mol. The highest BCUT2D eigenvalue weighted by Gasteiger charge is 2.06. The fourth-order valence-electron chi connectivity index (χ4n) is 1.30. The summed E-state index contributed by atoms with van der Waals surface area (Å²) in [6.45, 7) is 2.15. The number of carbonyl (C=O) groups excluding carboxylic acids is 1. The van der Waals surface area contributed by atoms with E-state index in [-0.39, 0.29) is 12.5 Å². The number of ether oxygens (including phenoxy) is 1. The molecule has 0 bridgehead atoms. The van der Waals surface area contributed by atoms with Gasteiger partial charge in [-0.2, -0.15) is 4.98 Å². The first-order valence-corrected chi connectivity index (χ1v) is 5.48. The summed E-state index contributed by atoms with van der Waals surface area (Å²) in [4.78, 5) is 15.3. The second-order valence-corrected chi connectivity index (χ2v) is 3.68. The van der Waals surface area contributed by atoms with E-state index in [4.69, 9.17) is 16.3 Å². The van der Waals surface area contributed by atoms with Gasteiger partial charge in [-0.25, -0.2) is 4.52 Å². The number of aromatic nitrogens is 3. The number of anilines is 1. The van der Waals surface area contributed by atoms with Crippen molar-refractivity contribution in [1.82, 2.24) is 14.6 Å². The molecule has 2 aromatic heterocycles. The number of halogens is 1. The van der Waals surface area contributed by atoms with Crippen LogP contribution >= 0.6 is 11.6 Å². The number of hydrogen-bond acceptors (Lipinski definition) is 5. The maximum absolute atomic E-state index is 11.1. The number of nitrogens with one attached hydrogen (secondary N) is 1. The van der Waals surface area contributed by atoms with Crippen LogP contribution in [0.5, 0.6) is 0 Å². The molecule has 6 nitrogen and oxygen atoms in total. The highest BCUT2D eigenvalue weighted by molar-refractivity contribution is 6.30. The molecular formula is C10H11ClN4O2. The first kappa shape index (κ1) is 11.7. The van der Waals surface area contributed by atoms with Gasteiger partial charge in [0.05, 0.1) is 11.6 Å². The fourth-order valence-corrected chi connectivity index (χ4v) is 1.45. The molecule has 2 rings (SSSR count). The van der Waals surface area contributed by atoms with Crippen molar-refractivity contribution in [3.63, 3.8) is 0 Å². The Morgan fingerprint density at radius 2 is 2.41 bits per heavy atom. The number of pyridine rings is 1.